The van der Waals surface area contributed by atoms with Crippen LogP contribution in [-0.4, -0.2) is 23.0 Å². The van der Waals surface area contributed by atoms with E-state index in [9.17, 15) is 9.18 Å². The molecule has 2 rings (SSSR count). The summed E-state index contributed by atoms with van der Waals surface area (Å²) in [7, 11) is 1.21. The monoisotopic (exact) mass is 261 g/mol. The molecule has 0 aliphatic heterocycles. The quantitative estimate of drug-likeness (QED) is 0.836. The number of aryl methyl sites for hydroxylation is 1. The number of esters is 1. The number of carbonyl (C=O) groups excluding carboxylic acids is 1. The summed E-state index contributed by atoms with van der Waals surface area (Å²) in [5, 5.41) is 0. The molecule has 0 saturated heterocycles. The molecule has 1 aromatic carbocycles. The van der Waals surface area contributed by atoms with Crippen LogP contribution in [-0.2, 0) is 4.74 Å². The highest BCUT2D eigenvalue weighted by molar-refractivity contribution is 5.92. The molecule has 19 heavy (non-hydrogen) atoms. The maximum Gasteiger partial charge on any atom is 0.360 e. The molecule has 6 heteroatoms. The van der Waals surface area contributed by atoms with Crippen molar-refractivity contribution >= 4 is 11.8 Å². The van der Waals surface area contributed by atoms with Gasteiger partial charge in [0.25, 0.3) is 0 Å². The fraction of sp³-hybridized carbons (Fsp3) is 0.154. The molecule has 0 unspecified atom stereocenters. The molecule has 0 aliphatic carbocycles. The smallest absolute Gasteiger partial charge is 0.360 e. The molecule has 0 bridgehead atoms. The van der Waals surface area contributed by atoms with E-state index in [2.05, 4.69) is 14.7 Å². The Morgan fingerprint density at radius 3 is 2.84 bits per heavy atom. The summed E-state index contributed by atoms with van der Waals surface area (Å²) >= 11 is 0. The van der Waals surface area contributed by atoms with Gasteiger partial charge in [0.15, 0.2) is 11.5 Å². The minimum absolute atomic E-state index is 0.0522. The van der Waals surface area contributed by atoms with E-state index in [1.165, 1.54) is 19.4 Å². The highest BCUT2D eigenvalue weighted by Gasteiger charge is 2.16. The molecule has 2 N–H and O–H groups in total. The number of aromatic nitrogens is 2. The van der Waals surface area contributed by atoms with Crippen molar-refractivity contribution in [1.82, 2.24) is 9.97 Å². The molecular formula is C13H12FN3O2. The number of carbonyl (C=O) groups is 1. The van der Waals surface area contributed by atoms with Crippen molar-refractivity contribution in [3.8, 4) is 11.3 Å². The molecule has 0 fully saturated rings. The molecule has 5 nitrogen and oxygen atoms in total. The predicted molar refractivity (Wildman–Crippen MR) is 67.9 cm³/mol. The Kier molecular flexibility index (Phi) is 3.41. The molecule has 98 valence electrons. The number of hydrogen-bond acceptors (Lipinski definition) is 5. The average Bonchev–Trinajstić information content (AvgIpc) is 2.41. The highest BCUT2D eigenvalue weighted by atomic mass is 19.1. The summed E-state index contributed by atoms with van der Waals surface area (Å²) in [6.45, 7) is 1.83. The summed E-state index contributed by atoms with van der Waals surface area (Å²) in [4.78, 5) is 19.3. The van der Waals surface area contributed by atoms with Gasteiger partial charge in [-0.15, -0.1) is 0 Å². The highest BCUT2D eigenvalue weighted by Crippen LogP contribution is 2.23. The van der Waals surface area contributed by atoms with Gasteiger partial charge in [0.05, 0.1) is 19.0 Å². The second kappa shape index (κ2) is 5.01. The van der Waals surface area contributed by atoms with E-state index in [0.717, 1.165) is 5.56 Å². The first-order valence-electron chi connectivity index (χ1n) is 5.50. The van der Waals surface area contributed by atoms with Gasteiger partial charge < -0.3 is 10.5 Å². The Bertz CT molecular complexity index is 644. The Morgan fingerprint density at radius 2 is 2.16 bits per heavy atom. The number of hydrogen-bond donors (Lipinski definition) is 1. The molecule has 0 saturated carbocycles. The van der Waals surface area contributed by atoms with Crippen molar-refractivity contribution < 1.29 is 13.9 Å². The van der Waals surface area contributed by atoms with Crippen molar-refractivity contribution in [2.45, 2.75) is 6.92 Å². The van der Waals surface area contributed by atoms with Gasteiger partial charge in [-0.05, 0) is 19.1 Å². The van der Waals surface area contributed by atoms with Crippen LogP contribution in [0.5, 0.6) is 0 Å². The Morgan fingerprint density at radius 1 is 1.42 bits per heavy atom. The van der Waals surface area contributed by atoms with Crippen molar-refractivity contribution in [2.24, 2.45) is 0 Å². The zero-order chi connectivity index (χ0) is 14.0. The van der Waals surface area contributed by atoms with Crippen LogP contribution >= 0.6 is 0 Å². The molecule has 0 amide bonds. The minimum Gasteiger partial charge on any atom is -0.464 e. The summed E-state index contributed by atoms with van der Waals surface area (Å²) < 4.78 is 18.3. The number of nitrogens with zero attached hydrogens (tertiary/aromatic N) is 2. The van der Waals surface area contributed by atoms with E-state index in [0.29, 0.717) is 0 Å². The third kappa shape index (κ3) is 2.52. The molecule has 2 aromatic rings. The first kappa shape index (κ1) is 12.9. The zero-order valence-corrected chi connectivity index (χ0v) is 10.5. The number of nitrogens with two attached hydrogens (primary N) is 1. The molecule has 0 atom stereocenters. The topological polar surface area (TPSA) is 78.1 Å². The lowest BCUT2D eigenvalue weighted by Crippen LogP contribution is -2.10. The molecular weight excluding hydrogens is 249 g/mol. The maximum absolute atomic E-state index is 13.8. The number of methoxy groups -OCH3 is 1. The fourth-order valence-corrected chi connectivity index (χ4v) is 1.61. The number of halogens is 1. The normalized spacial score (nSPS) is 10.3. The van der Waals surface area contributed by atoms with Gasteiger partial charge in [-0.1, -0.05) is 11.6 Å². The van der Waals surface area contributed by atoms with Gasteiger partial charge in [-0.2, -0.15) is 0 Å². The van der Waals surface area contributed by atoms with Crippen molar-refractivity contribution in [3.05, 3.63) is 41.5 Å². The van der Waals surface area contributed by atoms with Gasteiger partial charge in [-0.3, -0.25) is 0 Å². The molecule has 0 aliphatic rings. The van der Waals surface area contributed by atoms with E-state index in [-0.39, 0.29) is 22.8 Å². The van der Waals surface area contributed by atoms with E-state index in [4.69, 9.17) is 5.73 Å². The van der Waals surface area contributed by atoms with Gasteiger partial charge in [0, 0.05) is 5.56 Å². The zero-order valence-electron chi connectivity index (χ0n) is 10.5. The predicted octanol–water partition coefficient (Wildman–Crippen LogP) is 1.96. The summed E-state index contributed by atoms with van der Waals surface area (Å²) in [5.41, 5.74) is 6.78. The van der Waals surface area contributed by atoms with Gasteiger partial charge in [-0.25, -0.2) is 19.2 Å². The van der Waals surface area contributed by atoms with Gasteiger partial charge >= 0.3 is 5.97 Å². The SMILES string of the molecule is COC(=O)c1nc(-c2cc(C)ccc2F)cnc1N. The average molecular weight is 261 g/mol. The first-order chi connectivity index (χ1) is 9.02. The third-order valence-electron chi connectivity index (χ3n) is 2.58. The van der Waals surface area contributed by atoms with Crippen LogP contribution in [0.1, 0.15) is 16.1 Å². The molecule has 0 spiro atoms. The first-order valence-corrected chi connectivity index (χ1v) is 5.50. The van der Waals surface area contributed by atoms with Crippen LogP contribution in [0, 0.1) is 12.7 Å². The van der Waals surface area contributed by atoms with E-state index in [1.54, 1.807) is 12.1 Å². The van der Waals surface area contributed by atoms with Crippen LogP contribution in [0.25, 0.3) is 11.3 Å². The number of benzene rings is 1. The number of rotatable bonds is 2. The Labute approximate surface area is 109 Å². The fourth-order valence-electron chi connectivity index (χ4n) is 1.61. The standard InChI is InChI=1S/C13H12FN3O2/c1-7-3-4-9(14)8(5-7)10-6-16-12(15)11(17-10)13(18)19-2/h3-6H,1-2H3,(H2,15,16). The van der Waals surface area contributed by atoms with E-state index in [1.807, 2.05) is 6.92 Å². The largest absolute Gasteiger partial charge is 0.464 e. The van der Waals surface area contributed by atoms with Crippen LogP contribution < -0.4 is 5.73 Å². The van der Waals surface area contributed by atoms with Gasteiger partial charge in [0.2, 0.25) is 0 Å². The van der Waals surface area contributed by atoms with E-state index < -0.39 is 11.8 Å². The summed E-state index contributed by atoms with van der Waals surface area (Å²) in [5.74, 6) is -1.20. The Balaban J connectivity index is 2.57. The molecule has 1 heterocycles. The lowest BCUT2D eigenvalue weighted by atomic mass is 10.1. The Hall–Kier alpha value is -2.50. The molecule has 1 aromatic heterocycles. The van der Waals surface area contributed by atoms with E-state index >= 15 is 0 Å². The maximum atomic E-state index is 13.8. The number of nitrogen functional groups attached to an aromatic ring is 1. The number of anilines is 1. The molecule has 0 radical (unpaired) electrons. The summed E-state index contributed by atoms with van der Waals surface area (Å²) in [6, 6.07) is 4.60. The second-order valence-corrected chi connectivity index (χ2v) is 3.96. The lowest BCUT2D eigenvalue weighted by Gasteiger charge is -2.07. The second-order valence-electron chi connectivity index (χ2n) is 3.96. The van der Waals surface area contributed by atoms with Crippen LogP contribution in [0.3, 0.4) is 0 Å². The van der Waals surface area contributed by atoms with Gasteiger partial charge in [0.1, 0.15) is 5.82 Å². The van der Waals surface area contributed by atoms with Crippen molar-refractivity contribution in [2.75, 3.05) is 12.8 Å². The van der Waals surface area contributed by atoms with Crippen LogP contribution in [0.15, 0.2) is 24.4 Å². The van der Waals surface area contributed by atoms with Crippen LogP contribution in [0.4, 0.5) is 10.2 Å². The summed E-state index contributed by atoms with van der Waals surface area (Å²) in [6.07, 6.45) is 1.32. The third-order valence-corrected chi connectivity index (χ3v) is 2.58. The minimum atomic E-state index is -0.708. The van der Waals surface area contributed by atoms with Crippen LogP contribution in [0.2, 0.25) is 0 Å². The van der Waals surface area contributed by atoms with Crippen molar-refractivity contribution in [3.63, 3.8) is 0 Å². The lowest BCUT2D eigenvalue weighted by molar-refractivity contribution is 0.0595. The van der Waals surface area contributed by atoms with Crippen molar-refractivity contribution in [1.29, 1.82) is 0 Å². The number of ether oxygens (including phenoxy) is 1.